The first-order valence-corrected chi connectivity index (χ1v) is 12.1. The number of hydrogen-bond acceptors (Lipinski definition) is 6. The molecule has 5 unspecified atom stereocenters. The molecular formula is C29H31NO6. The number of aliphatic hydroxyl groups excluding tert-OH is 1. The number of amides is 1. The van der Waals surface area contributed by atoms with Crippen LogP contribution < -0.4 is 14.8 Å². The highest BCUT2D eigenvalue weighted by Crippen LogP contribution is 2.48. The normalized spacial score (nSPS) is 24.9. The van der Waals surface area contributed by atoms with Gasteiger partial charge in [0.1, 0.15) is 29.3 Å². The van der Waals surface area contributed by atoms with Gasteiger partial charge in [-0.25, -0.2) is 0 Å². The van der Waals surface area contributed by atoms with E-state index in [1.165, 1.54) is 0 Å². The Balaban J connectivity index is 1.64. The molecule has 1 amide bonds. The molecule has 188 valence electrons. The molecule has 0 saturated carbocycles. The predicted octanol–water partition coefficient (Wildman–Crippen LogP) is 3.28. The Morgan fingerprint density at radius 3 is 1.89 bits per heavy atom. The van der Waals surface area contributed by atoms with Crippen LogP contribution in [-0.4, -0.2) is 56.7 Å². The lowest BCUT2D eigenvalue weighted by Gasteiger charge is -2.41. The number of nitrogens with one attached hydrogen (secondary N) is 1. The van der Waals surface area contributed by atoms with E-state index in [9.17, 15) is 9.90 Å². The first-order chi connectivity index (χ1) is 17.5. The molecule has 0 aromatic heterocycles. The van der Waals surface area contributed by atoms with Gasteiger partial charge in [0.25, 0.3) is 0 Å². The molecule has 2 bridgehead atoms. The molecule has 36 heavy (non-hydrogen) atoms. The van der Waals surface area contributed by atoms with Crippen LogP contribution in [0.3, 0.4) is 0 Å². The van der Waals surface area contributed by atoms with Gasteiger partial charge in [-0.3, -0.25) is 4.79 Å². The predicted molar refractivity (Wildman–Crippen MR) is 134 cm³/mol. The second-order valence-electron chi connectivity index (χ2n) is 9.17. The molecule has 0 radical (unpaired) electrons. The van der Waals surface area contributed by atoms with Gasteiger partial charge in [-0.2, -0.15) is 0 Å². The fourth-order valence-corrected chi connectivity index (χ4v) is 5.49. The molecule has 5 rings (SSSR count). The van der Waals surface area contributed by atoms with Crippen LogP contribution in [0.1, 0.15) is 23.1 Å². The van der Waals surface area contributed by atoms with Crippen LogP contribution in [0.2, 0.25) is 0 Å². The fraction of sp³-hybridized carbons (Fsp3) is 0.345. The lowest BCUT2D eigenvalue weighted by Crippen LogP contribution is -2.50. The van der Waals surface area contributed by atoms with Crippen molar-refractivity contribution in [3.05, 3.63) is 95.6 Å². The van der Waals surface area contributed by atoms with E-state index in [0.29, 0.717) is 6.42 Å². The molecule has 2 heterocycles. The zero-order valence-corrected chi connectivity index (χ0v) is 20.6. The molecule has 5 atom stereocenters. The third kappa shape index (κ3) is 4.03. The molecule has 2 N–H and O–H groups in total. The van der Waals surface area contributed by atoms with E-state index >= 15 is 0 Å². The van der Waals surface area contributed by atoms with Crippen molar-refractivity contribution < 1.29 is 28.8 Å². The first-order valence-electron chi connectivity index (χ1n) is 12.1. The van der Waals surface area contributed by atoms with Crippen LogP contribution in [-0.2, 0) is 19.9 Å². The summed E-state index contributed by atoms with van der Waals surface area (Å²) < 4.78 is 23.9. The SMILES string of the molecule is CNC(=O)C1CC2OC1C(O)C2OC(c1ccccc1)(c1ccc(OC)cc1)c1ccc(OC)cc1. The van der Waals surface area contributed by atoms with Crippen molar-refractivity contribution in [2.45, 2.75) is 36.4 Å². The lowest BCUT2D eigenvalue weighted by atomic mass is 9.78. The lowest BCUT2D eigenvalue weighted by molar-refractivity contribution is -0.133. The van der Waals surface area contributed by atoms with E-state index in [1.54, 1.807) is 21.3 Å². The van der Waals surface area contributed by atoms with Crippen molar-refractivity contribution in [2.75, 3.05) is 21.3 Å². The molecule has 3 aromatic carbocycles. The Kier molecular flexibility index (Phi) is 6.71. The van der Waals surface area contributed by atoms with E-state index in [0.717, 1.165) is 28.2 Å². The summed E-state index contributed by atoms with van der Waals surface area (Å²) in [7, 11) is 4.86. The number of benzene rings is 3. The Bertz CT molecular complexity index is 1130. The molecule has 7 heteroatoms. The Labute approximate surface area is 211 Å². The number of aliphatic hydroxyl groups is 1. The summed E-state index contributed by atoms with van der Waals surface area (Å²) in [5, 5.41) is 14.0. The summed E-state index contributed by atoms with van der Waals surface area (Å²) >= 11 is 0. The third-order valence-electron chi connectivity index (χ3n) is 7.32. The van der Waals surface area contributed by atoms with E-state index in [-0.39, 0.29) is 5.91 Å². The Morgan fingerprint density at radius 1 is 0.889 bits per heavy atom. The molecule has 0 spiro atoms. The maximum absolute atomic E-state index is 12.4. The summed E-state index contributed by atoms with van der Waals surface area (Å²) in [5.74, 6) is 0.932. The van der Waals surface area contributed by atoms with Crippen molar-refractivity contribution in [3.8, 4) is 11.5 Å². The largest absolute Gasteiger partial charge is 0.497 e. The minimum atomic E-state index is -1.07. The monoisotopic (exact) mass is 489 g/mol. The van der Waals surface area contributed by atoms with Crippen molar-refractivity contribution >= 4 is 5.91 Å². The average Bonchev–Trinajstić information content (AvgIpc) is 3.51. The molecule has 2 aliphatic rings. The fourth-order valence-electron chi connectivity index (χ4n) is 5.49. The van der Waals surface area contributed by atoms with E-state index < -0.39 is 35.9 Å². The maximum atomic E-state index is 12.4. The van der Waals surface area contributed by atoms with E-state index in [2.05, 4.69) is 5.32 Å². The van der Waals surface area contributed by atoms with Crippen molar-refractivity contribution in [3.63, 3.8) is 0 Å². The van der Waals surface area contributed by atoms with Crippen LogP contribution in [0.15, 0.2) is 78.9 Å². The van der Waals surface area contributed by atoms with Gasteiger partial charge in [-0.15, -0.1) is 0 Å². The smallest absolute Gasteiger partial charge is 0.225 e. The van der Waals surface area contributed by atoms with Gasteiger partial charge >= 0.3 is 0 Å². The van der Waals surface area contributed by atoms with Gasteiger partial charge < -0.3 is 29.4 Å². The standard InChI is InChI=1S/C29H31NO6/c1-30-28(32)23-17-24-27(25(31)26(23)35-24)36-29(18-7-5-4-6-8-18,19-9-13-21(33-2)14-10-19)20-11-15-22(34-3)16-12-20/h4-16,23-27,31H,17H2,1-3H3,(H,30,32). The third-order valence-corrected chi connectivity index (χ3v) is 7.32. The molecule has 2 aliphatic heterocycles. The molecule has 2 fully saturated rings. The molecular weight excluding hydrogens is 458 g/mol. The number of carbonyl (C=O) groups is 1. The van der Waals surface area contributed by atoms with Gasteiger partial charge in [-0.05, 0) is 47.4 Å². The first kappa shape index (κ1) is 24.3. The summed E-state index contributed by atoms with van der Waals surface area (Å²) in [6, 6.07) is 25.4. The van der Waals surface area contributed by atoms with E-state index in [4.69, 9.17) is 18.9 Å². The number of hydrogen-bond donors (Lipinski definition) is 2. The maximum Gasteiger partial charge on any atom is 0.225 e. The Hall–Kier alpha value is -3.39. The summed E-state index contributed by atoms with van der Waals surface area (Å²) in [6.45, 7) is 0. The van der Waals surface area contributed by atoms with Crippen LogP contribution in [0.25, 0.3) is 0 Å². The van der Waals surface area contributed by atoms with Gasteiger partial charge in [0.05, 0.1) is 32.3 Å². The van der Waals surface area contributed by atoms with Gasteiger partial charge in [0.2, 0.25) is 5.91 Å². The zero-order chi connectivity index (χ0) is 25.3. The number of ether oxygens (including phenoxy) is 4. The highest BCUT2D eigenvalue weighted by molar-refractivity contribution is 5.79. The van der Waals surface area contributed by atoms with Gasteiger partial charge in [-0.1, -0.05) is 54.6 Å². The molecule has 3 aromatic rings. The minimum Gasteiger partial charge on any atom is -0.497 e. The quantitative estimate of drug-likeness (QED) is 0.473. The van der Waals surface area contributed by atoms with Gasteiger partial charge in [0, 0.05) is 7.05 Å². The van der Waals surface area contributed by atoms with Crippen LogP contribution in [0.4, 0.5) is 0 Å². The van der Waals surface area contributed by atoms with Gasteiger partial charge in [0.15, 0.2) is 0 Å². The number of fused-ring (bicyclic) bond motifs is 2. The molecule has 7 nitrogen and oxygen atoms in total. The molecule has 0 aliphatic carbocycles. The van der Waals surface area contributed by atoms with Crippen molar-refractivity contribution in [1.82, 2.24) is 5.32 Å². The number of rotatable bonds is 8. The summed E-state index contributed by atoms with van der Waals surface area (Å²) in [6.07, 6.45) is -2.12. The highest BCUT2D eigenvalue weighted by atomic mass is 16.6. The second kappa shape index (κ2) is 9.93. The van der Waals surface area contributed by atoms with Crippen molar-refractivity contribution in [1.29, 1.82) is 0 Å². The second-order valence-corrected chi connectivity index (χ2v) is 9.17. The number of carbonyl (C=O) groups excluding carboxylic acids is 1. The Morgan fingerprint density at radius 2 is 1.42 bits per heavy atom. The van der Waals surface area contributed by atoms with Crippen molar-refractivity contribution in [2.24, 2.45) is 5.92 Å². The number of methoxy groups -OCH3 is 2. The summed E-state index contributed by atoms with van der Waals surface area (Å²) in [5.41, 5.74) is 1.58. The topological polar surface area (TPSA) is 86.3 Å². The highest BCUT2D eigenvalue weighted by Gasteiger charge is 2.58. The van der Waals surface area contributed by atoms with Crippen LogP contribution in [0, 0.1) is 5.92 Å². The molecule has 2 saturated heterocycles. The minimum absolute atomic E-state index is 0.125. The van der Waals surface area contributed by atoms with Crippen LogP contribution in [0.5, 0.6) is 11.5 Å². The van der Waals surface area contributed by atoms with E-state index in [1.807, 2.05) is 78.9 Å². The average molecular weight is 490 g/mol. The van der Waals surface area contributed by atoms with Crippen LogP contribution >= 0.6 is 0 Å². The zero-order valence-electron chi connectivity index (χ0n) is 20.6. The summed E-state index contributed by atoms with van der Waals surface area (Å²) in [4.78, 5) is 12.4.